The van der Waals surface area contributed by atoms with Crippen LogP contribution in [0.2, 0.25) is 30.1 Å². The molecule has 0 aromatic heterocycles. The molecule has 14 nitrogen and oxygen atoms in total. The maximum Gasteiger partial charge on any atom is 0.258 e. The number of alkyl halides is 1. The van der Waals surface area contributed by atoms with Crippen molar-refractivity contribution in [3.8, 4) is 0 Å². The highest BCUT2D eigenvalue weighted by atomic mass is 35.5. The maximum absolute atomic E-state index is 13.5. The zero-order valence-electron chi connectivity index (χ0n) is 32.8. The molecule has 63 heavy (non-hydrogen) atoms. The first-order valence-corrected chi connectivity index (χ1v) is 20.9. The van der Waals surface area contributed by atoms with E-state index >= 15 is 0 Å². The molecule has 0 aliphatic heterocycles. The van der Waals surface area contributed by atoms with Gasteiger partial charge in [-0.15, -0.1) is 11.6 Å². The number of amides is 4. The Balaban J connectivity index is 1.29. The second-order valence-corrected chi connectivity index (χ2v) is 16.4. The predicted octanol–water partition coefficient (Wildman–Crippen LogP) is 12.8. The fourth-order valence-electron chi connectivity index (χ4n) is 5.44. The summed E-state index contributed by atoms with van der Waals surface area (Å²) in [5, 5.41) is 26.5. The van der Waals surface area contributed by atoms with Gasteiger partial charge in [0, 0.05) is 22.5 Å². The quantitative estimate of drug-likeness (QED) is 0.0457. The van der Waals surface area contributed by atoms with Gasteiger partial charge in [-0.2, -0.15) is 20.5 Å². The van der Waals surface area contributed by atoms with Crippen molar-refractivity contribution >= 4 is 151 Å². The average molecular weight is 992 g/mol. The summed E-state index contributed by atoms with van der Waals surface area (Å²) in [6.45, 7) is 3.86. The fourth-order valence-corrected chi connectivity index (χ4v) is 6.91. The minimum atomic E-state index is -1.66. The van der Waals surface area contributed by atoms with Gasteiger partial charge >= 0.3 is 0 Å². The van der Waals surface area contributed by atoms with Crippen LogP contribution in [0, 0.1) is 0 Å². The van der Waals surface area contributed by atoms with E-state index in [1.807, 2.05) is 0 Å². The Kier molecular flexibility index (Phi) is 16.8. The number of rotatable bonds is 15. The van der Waals surface area contributed by atoms with Crippen LogP contribution in [0.25, 0.3) is 0 Å². The van der Waals surface area contributed by atoms with Crippen LogP contribution in [0.1, 0.15) is 52.4 Å². The van der Waals surface area contributed by atoms with Crippen molar-refractivity contribution in [1.29, 1.82) is 0 Å². The predicted molar refractivity (Wildman–Crippen MR) is 248 cm³/mol. The van der Waals surface area contributed by atoms with Crippen LogP contribution < -0.4 is 21.3 Å². The summed E-state index contributed by atoms with van der Waals surface area (Å²) in [6, 6.07) is 18.6. The van der Waals surface area contributed by atoms with Crippen LogP contribution in [0.5, 0.6) is 0 Å². The number of azo groups is 2. The highest BCUT2D eigenvalue weighted by molar-refractivity contribution is 6.41. The summed E-state index contributed by atoms with van der Waals surface area (Å²) >= 11 is 43.8. The number of Topliss-reactive ketones (excluding diaryl/α,β-unsaturated/α-hetero) is 2. The van der Waals surface area contributed by atoms with Crippen LogP contribution in [-0.2, 0) is 19.2 Å². The van der Waals surface area contributed by atoms with E-state index in [0.717, 1.165) is 13.8 Å². The highest BCUT2D eigenvalue weighted by Gasteiger charge is 2.27. The molecule has 0 saturated carbocycles. The number of nitrogens with one attached hydrogen (secondary N) is 4. The van der Waals surface area contributed by atoms with Crippen molar-refractivity contribution in [2.24, 2.45) is 20.5 Å². The molecule has 324 valence electrons. The van der Waals surface area contributed by atoms with Gasteiger partial charge in [0.05, 0.1) is 46.9 Å². The summed E-state index contributed by atoms with van der Waals surface area (Å²) in [4.78, 5) is 78.1. The number of hydrogen-bond donors (Lipinski definition) is 4. The molecule has 0 heterocycles. The van der Waals surface area contributed by atoms with Gasteiger partial charge in [0.25, 0.3) is 23.6 Å². The van der Waals surface area contributed by atoms with E-state index in [-0.39, 0.29) is 75.4 Å². The Morgan fingerprint density at radius 3 is 1.32 bits per heavy atom. The van der Waals surface area contributed by atoms with Crippen molar-refractivity contribution in [2.45, 2.75) is 38.2 Å². The summed E-state index contributed by atoms with van der Waals surface area (Å²) in [5.74, 6) is -4.31. The molecule has 5 aromatic rings. The summed E-state index contributed by atoms with van der Waals surface area (Å²) < 4.78 is 0. The second-order valence-electron chi connectivity index (χ2n) is 13.3. The van der Waals surface area contributed by atoms with E-state index in [2.05, 4.69) is 41.7 Å². The van der Waals surface area contributed by atoms with E-state index in [4.69, 9.17) is 81.2 Å². The minimum absolute atomic E-state index is 0.0188. The Morgan fingerprint density at radius 2 is 0.921 bits per heavy atom. The normalized spacial score (nSPS) is 12.7. The molecule has 0 radical (unpaired) electrons. The van der Waals surface area contributed by atoms with Crippen LogP contribution in [0.4, 0.5) is 34.1 Å². The lowest BCUT2D eigenvalue weighted by atomic mass is 10.1. The minimum Gasteiger partial charge on any atom is -0.324 e. The first-order chi connectivity index (χ1) is 29.8. The fraction of sp³-hybridized carbons (Fsp3) is 0.143. The molecule has 0 bridgehead atoms. The number of carbonyl (C=O) groups excluding carboxylic acids is 6. The molecule has 4 N–H and O–H groups in total. The van der Waals surface area contributed by atoms with E-state index in [0.29, 0.717) is 5.56 Å². The third-order valence-electron chi connectivity index (χ3n) is 8.65. The van der Waals surface area contributed by atoms with Crippen LogP contribution in [0.3, 0.4) is 0 Å². The number of benzene rings is 5. The molecule has 5 aromatic carbocycles. The number of ketones is 2. The number of halogens is 7. The maximum atomic E-state index is 13.5. The number of anilines is 4. The smallest absolute Gasteiger partial charge is 0.258 e. The molecular formula is C42H31Cl7N8O6. The van der Waals surface area contributed by atoms with Gasteiger partial charge in [0.2, 0.25) is 12.1 Å². The van der Waals surface area contributed by atoms with Gasteiger partial charge in [-0.1, -0.05) is 81.7 Å². The van der Waals surface area contributed by atoms with Crippen LogP contribution in [-0.4, -0.2) is 47.3 Å². The molecule has 0 spiro atoms. The van der Waals surface area contributed by atoms with Crippen molar-refractivity contribution in [1.82, 2.24) is 0 Å². The number of para-hydroxylation sites is 2. The van der Waals surface area contributed by atoms with Gasteiger partial charge in [-0.25, -0.2) is 0 Å². The first kappa shape index (κ1) is 48.6. The standard InChI is InChI=1S/C42H31Cl7N8O6/c1-19(43)25-18-24(50-41(62)35(20(2)58)56-54-33-16-22(10-13-26(33)44)39(60)52-37-28(46)6-4-7-29(37)47)12-15-32(25)51-42(63)36(21(3)59)57-55-34-17-23(11-14-27(34)45)40(61)53-38-30(48)8-5-9-31(38)49/h4-19,35-36H,1-3H3,(H,50,62)(H,51,63)(H,52,60)(H,53,61). The molecule has 5 rings (SSSR count). The average Bonchev–Trinajstić information content (AvgIpc) is 3.22. The Hall–Kier alpha value is -5.45. The van der Waals surface area contributed by atoms with Gasteiger partial charge in [-0.05, 0) is 105 Å². The Morgan fingerprint density at radius 1 is 0.508 bits per heavy atom. The molecule has 0 aliphatic carbocycles. The van der Waals surface area contributed by atoms with Gasteiger partial charge in [-0.3, -0.25) is 28.8 Å². The van der Waals surface area contributed by atoms with Gasteiger partial charge < -0.3 is 21.3 Å². The zero-order chi connectivity index (χ0) is 46.1. The lowest BCUT2D eigenvalue weighted by molar-refractivity contribution is -0.127. The second kappa shape index (κ2) is 21.8. The molecule has 0 saturated heterocycles. The van der Waals surface area contributed by atoms with E-state index in [1.165, 1.54) is 54.6 Å². The van der Waals surface area contributed by atoms with Crippen molar-refractivity contribution < 1.29 is 28.8 Å². The highest BCUT2D eigenvalue weighted by Crippen LogP contribution is 2.35. The summed E-state index contributed by atoms with van der Waals surface area (Å²) in [5.41, 5.74) is 1.17. The van der Waals surface area contributed by atoms with Gasteiger partial charge in [0.1, 0.15) is 11.4 Å². The van der Waals surface area contributed by atoms with E-state index in [9.17, 15) is 28.8 Å². The van der Waals surface area contributed by atoms with Crippen LogP contribution in [0.15, 0.2) is 111 Å². The SMILES string of the molecule is CC(=O)C(N=Nc1cc(C(=O)Nc2c(Cl)cccc2Cl)ccc1Cl)C(=O)Nc1ccc(NC(=O)C(N=Nc2cc(C(=O)Nc3c(Cl)cccc3Cl)ccc2Cl)C(C)=O)c(C(C)Cl)c1. The zero-order valence-corrected chi connectivity index (χ0v) is 38.1. The number of nitrogens with zero attached hydrogens (tertiary/aromatic N) is 4. The third kappa shape index (κ3) is 12.6. The van der Waals surface area contributed by atoms with Crippen molar-refractivity contribution in [3.05, 3.63) is 138 Å². The summed E-state index contributed by atoms with van der Waals surface area (Å²) in [7, 11) is 0. The van der Waals surface area contributed by atoms with Gasteiger partial charge in [0.15, 0.2) is 11.6 Å². The molecule has 3 unspecified atom stereocenters. The first-order valence-electron chi connectivity index (χ1n) is 18.2. The third-order valence-corrected chi connectivity index (χ3v) is 10.8. The van der Waals surface area contributed by atoms with Crippen molar-refractivity contribution in [2.75, 3.05) is 21.3 Å². The summed E-state index contributed by atoms with van der Waals surface area (Å²) in [6.07, 6.45) is 0. The van der Waals surface area contributed by atoms with E-state index < -0.39 is 52.7 Å². The molecule has 0 fully saturated rings. The topological polar surface area (TPSA) is 200 Å². The number of hydrogen-bond acceptors (Lipinski definition) is 10. The van der Waals surface area contributed by atoms with Crippen LogP contribution >= 0.6 is 81.2 Å². The Labute approximate surface area is 394 Å². The number of carbonyl (C=O) groups is 6. The lowest BCUT2D eigenvalue weighted by Crippen LogP contribution is -2.32. The molecule has 0 aliphatic rings. The molecular weight excluding hydrogens is 961 g/mol. The van der Waals surface area contributed by atoms with E-state index in [1.54, 1.807) is 43.3 Å². The largest absolute Gasteiger partial charge is 0.324 e. The Bertz CT molecular complexity index is 2670. The molecule has 3 atom stereocenters. The lowest BCUT2D eigenvalue weighted by Gasteiger charge is -2.17. The van der Waals surface area contributed by atoms with Crippen molar-refractivity contribution in [3.63, 3.8) is 0 Å². The monoisotopic (exact) mass is 988 g/mol. The molecule has 21 heteroatoms. The molecule has 4 amide bonds.